The Morgan fingerprint density at radius 3 is 2.56 bits per heavy atom. The van der Waals surface area contributed by atoms with Gasteiger partial charge < -0.3 is 14.6 Å². The lowest BCUT2D eigenvalue weighted by Crippen LogP contribution is -2.10. The number of methoxy groups -OCH3 is 2. The number of hydrogen-bond donors (Lipinski definition) is 1. The summed E-state index contributed by atoms with van der Waals surface area (Å²) in [4.78, 5) is 0. The van der Waals surface area contributed by atoms with Crippen LogP contribution >= 0.6 is 0 Å². The molecule has 0 saturated heterocycles. The molecule has 0 amide bonds. The molecule has 1 aliphatic rings. The maximum Gasteiger partial charge on any atom is 0.138 e. The maximum atomic E-state index is 14.1. The Bertz CT molecular complexity index is 399. The molecule has 0 heterocycles. The molecule has 88 valence electrons. The molecule has 1 aliphatic carbocycles. The minimum Gasteiger partial charge on any atom is -0.496 e. The zero-order valence-electron chi connectivity index (χ0n) is 9.42. The van der Waals surface area contributed by atoms with E-state index in [1.807, 2.05) is 0 Å². The van der Waals surface area contributed by atoms with E-state index in [-0.39, 0.29) is 6.61 Å². The van der Waals surface area contributed by atoms with Gasteiger partial charge in [-0.2, -0.15) is 0 Å². The smallest absolute Gasteiger partial charge is 0.138 e. The van der Waals surface area contributed by atoms with Gasteiger partial charge in [-0.15, -0.1) is 0 Å². The monoisotopic (exact) mass is 226 g/mol. The molecule has 1 fully saturated rings. The van der Waals surface area contributed by atoms with Crippen molar-refractivity contribution in [2.24, 2.45) is 0 Å². The topological polar surface area (TPSA) is 38.7 Å². The molecule has 0 aliphatic heterocycles. The fourth-order valence-corrected chi connectivity index (χ4v) is 1.82. The minimum absolute atomic E-state index is 0.138. The molecule has 0 atom stereocenters. The average molecular weight is 226 g/mol. The highest BCUT2D eigenvalue weighted by Gasteiger charge is 2.44. The van der Waals surface area contributed by atoms with Crippen LogP contribution in [0.1, 0.15) is 24.0 Å². The Morgan fingerprint density at radius 2 is 2.06 bits per heavy atom. The molecule has 4 heteroatoms. The Morgan fingerprint density at radius 1 is 1.38 bits per heavy atom. The lowest BCUT2D eigenvalue weighted by Gasteiger charge is -2.15. The molecular formula is C12H15FO3. The van der Waals surface area contributed by atoms with Gasteiger partial charge in [-0.3, -0.25) is 0 Å². The molecule has 0 unspecified atom stereocenters. The first-order valence-electron chi connectivity index (χ1n) is 5.19. The number of rotatable bonds is 4. The van der Waals surface area contributed by atoms with Crippen LogP contribution < -0.4 is 4.74 Å². The van der Waals surface area contributed by atoms with Crippen LogP contribution in [0.25, 0.3) is 0 Å². The van der Waals surface area contributed by atoms with Crippen LogP contribution in [-0.4, -0.2) is 19.3 Å². The van der Waals surface area contributed by atoms with Crippen LogP contribution in [0, 0.1) is 5.82 Å². The van der Waals surface area contributed by atoms with Crippen molar-refractivity contribution >= 4 is 0 Å². The van der Waals surface area contributed by atoms with E-state index in [0.717, 1.165) is 0 Å². The fraction of sp³-hybridized carbons (Fsp3) is 0.500. The van der Waals surface area contributed by atoms with Crippen molar-refractivity contribution in [3.8, 4) is 5.75 Å². The predicted molar refractivity (Wildman–Crippen MR) is 56.8 cm³/mol. The number of halogens is 1. The third-order valence-electron chi connectivity index (χ3n) is 2.93. The van der Waals surface area contributed by atoms with E-state index in [0.29, 0.717) is 29.7 Å². The lowest BCUT2D eigenvalue weighted by atomic mass is 10.0. The molecule has 0 aromatic heterocycles. The number of aliphatic hydroxyl groups is 1. The molecule has 16 heavy (non-hydrogen) atoms. The third-order valence-corrected chi connectivity index (χ3v) is 2.93. The lowest BCUT2D eigenvalue weighted by molar-refractivity contribution is 0.143. The van der Waals surface area contributed by atoms with Crippen molar-refractivity contribution in [3.63, 3.8) is 0 Å². The summed E-state index contributed by atoms with van der Waals surface area (Å²) in [7, 11) is 2.98. The highest BCUT2D eigenvalue weighted by Crippen LogP contribution is 2.47. The Balaban J connectivity index is 2.46. The van der Waals surface area contributed by atoms with Crippen LogP contribution in [-0.2, 0) is 16.9 Å². The first-order chi connectivity index (χ1) is 7.62. The van der Waals surface area contributed by atoms with E-state index in [4.69, 9.17) is 9.47 Å². The summed E-state index contributed by atoms with van der Waals surface area (Å²) >= 11 is 0. The maximum absolute atomic E-state index is 14.1. The zero-order chi connectivity index (χ0) is 11.8. The highest BCUT2D eigenvalue weighted by atomic mass is 19.1. The SMILES string of the molecule is COCc1c(OC)ccc(C2(O)CC2)c1F. The molecule has 3 nitrogen and oxygen atoms in total. The largest absolute Gasteiger partial charge is 0.496 e. The molecule has 1 aromatic rings. The van der Waals surface area contributed by atoms with Crippen LogP contribution in [0.3, 0.4) is 0 Å². The second-order valence-corrected chi connectivity index (χ2v) is 4.07. The van der Waals surface area contributed by atoms with E-state index >= 15 is 0 Å². The Hall–Kier alpha value is -1.13. The van der Waals surface area contributed by atoms with Crippen molar-refractivity contribution in [3.05, 3.63) is 29.1 Å². The summed E-state index contributed by atoms with van der Waals surface area (Å²) < 4.78 is 24.1. The van der Waals surface area contributed by atoms with Crippen molar-refractivity contribution in [2.75, 3.05) is 14.2 Å². The summed E-state index contributed by atoms with van der Waals surface area (Å²) in [5, 5.41) is 9.92. The van der Waals surface area contributed by atoms with E-state index in [1.165, 1.54) is 14.2 Å². The second kappa shape index (κ2) is 4.03. The first kappa shape index (κ1) is 11.4. The van der Waals surface area contributed by atoms with Gasteiger partial charge in [-0.25, -0.2) is 4.39 Å². The number of hydrogen-bond acceptors (Lipinski definition) is 3. The highest BCUT2D eigenvalue weighted by molar-refractivity contribution is 5.42. The van der Waals surface area contributed by atoms with Crippen molar-refractivity contribution in [1.82, 2.24) is 0 Å². The van der Waals surface area contributed by atoms with Crippen molar-refractivity contribution < 1.29 is 19.0 Å². The summed E-state index contributed by atoms with van der Waals surface area (Å²) in [6.07, 6.45) is 1.23. The van der Waals surface area contributed by atoms with Gasteiger partial charge in [0.25, 0.3) is 0 Å². The van der Waals surface area contributed by atoms with Gasteiger partial charge in [0.1, 0.15) is 11.6 Å². The van der Waals surface area contributed by atoms with Crippen LogP contribution in [0.4, 0.5) is 4.39 Å². The number of ether oxygens (including phenoxy) is 2. The van der Waals surface area contributed by atoms with Crippen molar-refractivity contribution in [1.29, 1.82) is 0 Å². The van der Waals surface area contributed by atoms with Crippen LogP contribution in [0.5, 0.6) is 5.75 Å². The second-order valence-electron chi connectivity index (χ2n) is 4.07. The van der Waals surface area contributed by atoms with Crippen LogP contribution in [0.2, 0.25) is 0 Å². The van der Waals surface area contributed by atoms with Crippen LogP contribution in [0.15, 0.2) is 12.1 Å². The fourth-order valence-electron chi connectivity index (χ4n) is 1.82. The van der Waals surface area contributed by atoms with Crippen molar-refractivity contribution in [2.45, 2.75) is 25.0 Å². The molecule has 0 radical (unpaired) electrons. The van der Waals surface area contributed by atoms with E-state index in [9.17, 15) is 9.50 Å². The van der Waals surface area contributed by atoms with E-state index in [1.54, 1.807) is 12.1 Å². The van der Waals surface area contributed by atoms with Gasteiger partial charge in [-0.1, -0.05) is 0 Å². The first-order valence-corrected chi connectivity index (χ1v) is 5.19. The van der Waals surface area contributed by atoms with Gasteiger partial charge >= 0.3 is 0 Å². The van der Waals surface area contributed by atoms with E-state index < -0.39 is 11.4 Å². The zero-order valence-corrected chi connectivity index (χ0v) is 9.42. The van der Waals surface area contributed by atoms with Gasteiger partial charge in [0.05, 0.1) is 24.9 Å². The quantitative estimate of drug-likeness (QED) is 0.853. The molecule has 1 N–H and O–H groups in total. The Kier molecular flexibility index (Phi) is 2.86. The van der Waals surface area contributed by atoms with Gasteiger partial charge in [0, 0.05) is 12.7 Å². The summed E-state index contributed by atoms with van der Waals surface area (Å²) in [5.41, 5.74) is -0.262. The minimum atomic E-state index is -0.973. The standard InChI is InChI=1S/C12H15FO3/c1-15-7-8-10(16-2)4-3-9(11(8)13)12(14)5-6-12/h3-4,14H,5-7H2,1-2H3. The molecule has 2 rings (SSSR count). The molecule has 1 aromatic carbocycles. The number of benzene rings is 1. The summed E-state index contributed by atoms with van der Waals surface area (Å²) in [6, 6.07) is 3.25. The molecule has 0 bridgehead atoms. The van der Waals surface area contributed by atoms with Gasteiger partial charge in [0.2, 0.25) is 0 Å². The third kappa shape index (κ3) is 1.79. The molecule has 0 spiro atoms. The van der Waals surface area contributed by atoms with Gasteiger partial charge in [-0.05, 0) is 25.0 Å². The summed E-state index contributed by atoms with van der Waals surface area (Å²) in [6.45, 7) is 0.138. The summed E-state index contributed by atoms with van der Waals surface area (Å²) in [5.74, 6) is 0.0357. The normalized spacial score (nSPS) is 17.2. The average Bonchev–Trinajstić information content (AvgIpc) is 3.00. The van der Waals surface area contributed by atoms with E-state index in [2.05, 4.69) is 0 Å². The predicted octanol–water partition coefficient (Wildman–Crippen LogP) is 1.96. The van der Waals surface area contributed by atoms with Gasteiger partial charge in [0.15, 0.2) is 0 Å². The Labute approximate surface area is 93.8 Å². The molecular weight excluding hydrogens is 211 g/mol. The molecule has 1 saturated carbocycles.